The minimum atomic E-state index is -0.102. The van der Waals surface area contributed by atoms with Gasteiger partial charge in [-0.2, -0.15) is 0 Å². The van der Waals surface area contributed by atoms with Gasteiger partial charge < -0.3 is 10.1 Å². The van der Waals surface area contributed by atoms with Gasteiger partial charge in [0.05, 0.1) is 6.61 Å². The van der Waals surface area contributed by atoms with Crippen molar-refractivity contribution >= 4 is 34.2 Å². The lowest BCUT2D eigenvalue weighted by Gasteiger charge is -2.08. The number of hydrogen-bond acceptors (Lipinski definition) is 2. The molecular weight excluding hydrogens is 377 g/mol. The Bertz CT molecular complexity index is 623. The summed E-state index contributed by atoms with van der Waals surface area (Å²) in [6.45, 7) is 4.80. The highest BCUT2D eigenvalue weighted by atomic mass is 127. The van der Waals surface area contributed by atoms with Gasteiger partial charge in [0.2, 0.25) is 0 Å². The van der Waals surface area contributed by atoms with Crippen molar-refractivity contribution in [2.75, 3.05) is 11.9 Å². The largest absolute Gasteiger partial charge is 0.494 e. The van der Waals surface area contributed by atoms with E-state index < -0.39 is 0 Å². The molecule has 0 unspecified atom stereocenters. The van der Waals surface area contributed by atoms with Crippen LogP contribution in [0.2, 0.25) is 0 Å². The average molecular weight is 395 g/mol. The molecule has 2 rings (SSSR count). The zero-order valence-electron chi connectivity index (χ0n) is 12.2. The molecule has 0 atom stereocenters. The molecule has 0 saturated carbocycles. The van der Waals surface area contributed by atoms with Crippen molar-refractivity contribution in [1.82, 2.24) is 0 Å². The number of carbonyl (C=O) groups is 1. The van der Waals surface area contributed by atoms with E-state index in [1.807, 2.05) is 49.4 Å². The molecular formula is C17H18INO2. The summed E-state index contributed by atoms with van der Waals surface area (Å²) >= 11 is 2.23. The molecule has 0 bridgehead atoms. The number of ether oxygens (including phenoxy) is 1. The molecule has 0 aromatic heterocycles. The Balaban J connectivity index is 2.03. The standard InChI is InChI=1S/C17H18INO2/c1-3-10-21-15-8-6-14(7-9-15)19-17(20)13-5-4-12(2)16(18)11-13/h4-9,11H,3,10H2,1-2H3,(H,19,20). The third kappa shape index (κ3) is 4.46. The minimum Gasteiger partial charge on any atom is -0.494 e. The molecule has 0 heterocycles. The van der Waals surface area contributed by atoms with Crippen LogP contribution in [0.1, 0.15) is 29.3 Å². The topological polar surface area (TPSA) is 38.3 Å². The summed E-state index contributed by atoms with van der Waals surface area (Å²) in [5.74, 6) is 0.717. The monoisotopic (exact) mass is 395 g/mol. The Kier molecular flexibility index (Phi) is 5.61. The first-order valence-electron chi connectivity index (χ1n) is 6.90. The smallest absolute Gasteiger partial charge is 0.255 e. The van der Waals surface area contributed by atoms with Crippen LogP contribution in [0.4, 0.5) is 5.69 Å². The van der Waals surface area contributed by atoms with Crippen molar-refractivity contribution in [3.8, 4) is 5.75 Å². The molecule has 0 spiro atoms. The number of hydrogen-bond donors (Lipinski definition) is 1. The van der Waals surface area contributed by atoms with Gasteiger partial charge in [-0.1, -0.05) is 13.0 Å². The van der Waals surface area contributed by atoms with Crippen LogP contribution in [-0.4, -0.2) is 12.5 Å². The van der Waals surface area contributed by atoms with Crippen LogP contribution in [0, 0.1) is 10.5 Å². The molecule has 1 amide bonds. The Labute approximate surface area is 138 Å². The van der Waals surface area contributed by atoms with Gasteiger partial charge in [0.1, 0.15) is 5.75 Å². The fourth-order valence-electron chi connectivity index (χ4n) is 1.79. The second-order valence-electron chi connectivity index (χ2n) is 4.79. The molecule has 21 heavy (non-hydrogen) atoms. The molecule has 0 radical (unpaired) electrons. The van der Waals surface area contributed by atoms with E-state index in [1.165, 1.54) is 5.56 Å². The Hall–Kier alpha value is -1.56. The zero-order chi connectivity index (χ0) is 15.2. The Morgan fingerprint density at radius 3 is 2.52 bits per heavy atom. The molecule has 110 valence electrons. The summed E-state index contributed by atoms with van der Waals surface area (Å²) in [6.07, 6.45) is 0.977. The van der Waals surface area contributed by atoms with Gasteiger partial charge in [-0.15, -0.1) is 0 Å². The van der Waals surface area contributed by atoms with Crippen LogP contribution in [0.25, 0.3) is 0 Å². The van der Waals surface area contributed by atoms with Crippen molar-refractivity contribution in [1.29, 1.82) is 0 Å². The number of amides is 1. The SMILES string of the molecule is CCCOc1ccc(NC(=O)c2ccc(C)c(I)c2)cc1. The van der Waals surface area contributed by atoms with Crippen LogP contribution in [0.15, 0.2) is 42.5 Å². The molecule has 2 aromatic carbocycles. The van der Waals surface area contributed by atoms with Crippen molar-refractivity contribution in [3.63, 3.8) is 0 Å². The van der Waals surface area contributed by atoms with Gasteiger partial charge in [-0.3, -0.25) is 4.79 Å². The second kappa shape index (κ2) is 7.45. The summed E-state index contributed by atoms with van der Waals surface area (Å²) in [4.78, 5) is 12.2. The van der Waals surface area contributed by atoms with E-state index in [-0.39, 0.29) is 5.91 Å². The van der Waals surface area contributed by atoms with Crippen LogP contribution in [0.5, 0.6) is 5.75 Å². The second-order valence-corrected chi connectivity index (χ2v) is 5.95. The maximum atomic E-state index is 12.2. The summed E-state index contributed by atoms with van der Waals surface area (Å²) in [5.41, 5.74) is 2.60. The molecule has 2 aromatic rings. The van der Waals surface area contributed by atoms with Gasteiger partial charge in [-0.25, -0.2) is 0 Å². The molecule has 0 aliphatic rings. The number of aryl methyl sites for hydroxylation is 1. The summed E-state index contributed by atoms with van der Waals surface area (Å²) in [5, 5.41) is 2.89. The maximum absolute atomic E-state index is 12.2. The maximum Gasteiger partial charge on any atom is 0.255 e. The molecule has 4 heteroatoms. The third-order valence-corrected chi connectivity index (χ3v) is 4.18. The fraction of sp³-hybridized carbons (Fsp3) is 0.235. The molecule has 3 nitrogen and oxygen atoms in total. The van der Waals surface area contributed by atoms with Gasteiger partial charge in [-0.05, 0) is 77.9 Å². The van der Waals surface area contributed by atoms with Crippen LogP contribution in [-0.2, 0) is 0 Å². The lowest BCUT2D eigenvalue weighted by molar-refractivity contribution is 0.102. The van der Waals surface area contributed by atoms with Crippen molar-refractivity contribution in [3.05, 3.63) is 57.2 Å². The van der Waals surface area contributed by atoms with E-state index in [0.717, 1.165) is 21.4 Å². The first-order valence-corrected chi connectivity index (χ1v) is 7.98. The van der Waals surface area contributed by atoms with Gasteiger partial charge in [0.15, 0.2) is 0 Å². The predicted octanol–water partition coefficient (Wildman–Crippen LogP) is 4.64. The van der Waals surface area contributed by atoms with E-state index >= 15 is 0 Å². The summed E-state index contributed by atoms with van der Waals surface area (Å²) in [6, 6.07) is 13.1. The molecule has 0 fully saturated rings. The average Bonchev–Trinajstić information content (AvgIpc) is 2.49. The van der Waals surface area contributed by atoms with Crippen molar-refractivity contribution in [2.45, 2.75) is 20.3 Å². The van der Waals surface area contributed by atoms with Crippen LogP contribution < -0.4 is 10.1 Å². The van der Waals surface area contributed by atoms with E-state index in [2.05, 4.69) is 34.8 Å². The van der Waals surface area contributed by atoms with Crippen molar-refractivity contribution in [2.24, 2.45) is 0 Å². The molecule has 0 aliphatic heterocycles. The van der Waals surface area contributed by atoms with E-state index in [1.54, 1.807) is 0 Å². The zero-order valence-corrected chi connectivity index (χ0v) is 14.3. The third-order valence-electron chi connectivity index (χ3n) is 3.02. The van der Waals surface area contributed by atoms with E-state index in [4.69, 9.17) is 4.74 Å². The van der Waals surface area contributed by atoms with E-state index in [0.29, 0.717) is 12.2 Å². The number of nitrogens with one attached hydrogen (secondary N) is 1. The summed E-state index contributed by atoms with van der Waals surface area (Å²) < 4.78 is 6.60. The number of carbonyl (C=O) groups excluding carboxylic acids is 1. The number of anilines is 1. The highest BCUT2D eigenvalue weighted by Crippen LogP contribution is 2.18. The minimum absolute atomic E-state index is 0.102. The summed E-state index contributed by atoms with van der Waals surface area (Å²) in [7, 11) is 0. The van der Waals surface area contributed by atoms with E-state index in [9.17, 15) is 4.79 Å². The van der Waals surface area contributed by atoms with Crippen molar-refractivity contribution < 1.29 is 9.53 Å². The lowest BCUT2D eigenvalue weighted by atomic mass is 10.1. The van der Waals surface area contributed by atoms with Crippen LogP contribution in [0.3, 0.4) is 0 Å². The van der Waals surface area contributed by atoms with Gasteiger partial charge in [0, 0.05) is 14.8 Å². The number of benzene rings is 2. The fourth-order valence-corrected chi connectivity index (χ4v) is 2.31. The Morgan fingerprint density at radius 2 is 1.90 bits per heavy atom. The first-order chi connectivity index (χ1) is 10.1. The van der Waals surface area contributed by atoms with Gasteiger partial charge in [0.25, 0.3) is 5.91 Å². The first kappa shape index (κ1) is 15.8. The Morgan fingerprint density at radius 1 is 1.19 bits per heavy atom. The van der Waals surface area contributed by atoms with Crippen LogP contribution >= 0.6 is 22.6 Å². The molecule has 0 aliphatic carbocycles. The highest BCUT2D eigenvalue weighted by Gasteiger charge is 2.07. The predicted molar refractivity (Wildman–Crippen MR) is 94.1 cm³/mol. The lowest BCUT2D eigenvalue weighted by Crippen LogP contribution is -2.12. The quantitative estimate of drug-likeness (QED) is 0.750. The molecule has 0 saturated heterocycles. The normalized spacial score (nSPS) is 10.2. The number of rotatable bonds is 5. The van der Waals surface area contributed by atoms with Gasteiger partial charge >= 0.3 is 0 Å². The molecule has 1 N–H and O–H groups in total. The highest BCUT2D eigenvalue weighted by molar-refractivity contribution is 14.1. The number of halogens is 1.